The van der Waals surface area contributed by atoms with Crippen molar-refractivity contribution in [1.29, 1.82) is 0 Å². The molecule has 0 unspecified atom stereocenters. The summed E-state index contributed by atoms with van der Waals surface area (Å²) in [4.78, 5) is 15.5. The Balaban J connectivity index is 1.56. The molecule has 0 aromatic heterocycles. The normalized spacial score (nSPS) is 22.9. The third-order valence-electron chi connectivity index (χ3n) is 5.63. The van der Waals surface area contributed by atoms with Crippen LogP contribution in [0.3, 0.4) is 0 Å². The van der Waals surface area contributed by atoms with Crippen molar-refractivity contribution in [1.82, 2.24) is 4.31 Å². The van der Waals surface area contributed by atoms with Gasteiger partial charge in [-0.25, -0.2) is 8.42 Å². The summed E-state index contributed by atoms with van der Waals surface area (Å²) in [5.41, 5.74) is 2.14. The maximum Gasteiger partial charge on any atom is 0.243 e. The highest BCUT2D eigenvalue weighted by Crippen LogP contribution is 2.35. The van der Waals surface area contributed by atoms with Crippen molar-refractivity contribution in [3.8, 4) is 0 Å². The number of rotatable bonds is 3. The number of nitrogens with zero attached hydrogens (tertiary/aromatic N) is 2. The van der Waals surface area contributed by atoms with E-state index in [0.717, 1.165) is 23.0 Å². The summed E-state index contributed by atoms with van der Waals surface area (Å²) in [7, 11) is -3.60. The molecule has 0 aliphatic carbocycles. The van der Waals surface area contributed by atoms with E-state index in [0.29, 0.717) is 13.0 Å². The van der Waals surface area contributed by atoms with Gasteiger partial charge in [0.1, 0.15) is 0 Å². The maximum atomic E-state index is 13.3. The number of halogens is 1. The van der Waals surface area contributed by atoms with E-state index in [9.17, 15) is 13.2 Å². The molecule has 5 nitrogen and oxygen atoms in total. The predicted octanol–water partition coefficient (Wildman–Crippen LogP) is 3.83. The number of hydrogen-bond donors (Lipinski definition) is 0. The van der Waals surface area contributed by atoms with Gasteiger partial charge in [0, 0.05) is 29.3 Å². The van der Waals surface area contributed by atoms with Crippen LogP contribution < -0.4 is 4.90 Å². The Hall–Kier alpha value is -1.70. The smallest absolute Gasteiger partial charge is 0.243 e. The number of amides is 1. The molecular formula is C21H23BrN2O3S. The van der Waals surface area contributed by atoms with E-state index in [2.05, 4.69) is 28.9 Å². The van der Waals surface area contributed by atoms with Gasteiger partial charge in [-0.1, -0.05) is 34.1 Å². The first kappa shape index (κ1) is 19.6. The molecule has 1 amide bonds. The van der Waals surface area contributed by atoms with Crippen LogP contribution in [0.5, 0.6) is 0 Å². The van der Waals surface area contributed by atoms with Gasteiger partial charge in [0.05, 0.1) is 10.8 Å². The maximum absolute atomic E-state index is 13.3. The van der Waals surface area contributed by atoms with E-state index >= 15 is 0 Å². The summed E-state index contributed by atoms with van der Waals surface area (Å²) in [5.74, 6) is -0.277. The minimum atomic E-state index is -3.60. The number of sulfonamides is 1. The zero-order valence-electron chi connectivity index (χ0n) is 15.7. The summed E-state index contributed by atoms with van der Waals surface area (Å²) in [5, 5.41) is 0. The minimum Gasteiger partial charge on any atom is -0.309 e. The van der Waals surface area contributed by atoms with Gasteiger partial charge in [-0.15, -0.1) is 0 Å². The van der Waals surface area contributed by atoms with Crippen molar-refractivity contribution >= 4 is 37.5 Å². The lowest BCUT2D eigenvalue weighted by molar-refractivity contribution is -0.123. The van der Waals surface area contributed by atoms with Crippen LogP contribution in [-0.2, 0) is 21.2 Å². The van der Waals surface area contributed by atoms with E-state index in [-0.39, 0.29) is 29.3 Å². The zero-order valence-corrected chi connectivity index (χ0v) is 18.1. The van der Waals surface area contributed by atoms with Crippen molar-refractivity contribution in [2.24, 2.45) is 5.92 Å². The molecule has 148 valence electrons. The molecule has 2 aromatic carbocycles. The molecule has 0 radical (unpaired) electrons. The number of carbonyl (C=O) groups excluding carboxylic acids is 1. The molecule has 4 rings (SSSR count). The molecule has 2 atom stereocenters. The lowest BCUT2D eigenvalue weighted by Gasteiger charge is -2.34. The lowest BCUT2D eigenvalue weighted by Crippen LogP contribution is -2.48. The van der Waals surface area contributed by atoms with Gasteiger partial charge in [0.25, 0.3) is 0 Å². The van der Waals surface area contributed by atoms with Gasteiger partial charge in [0.2, 0.25) is 15.9 Å². The molecule has 2 aromatic rings. The number of benzene rings is 2. The Morgan fingerprint density at radius 2 is 1.82 bits per heavy atom. The summed E-state index contributed by atoms with van der Waals surface area (Å²) in [6.45, 7) is 2.74. The molecule has 7 heteroatoms. The molecular weight excluding hydrogens is 440 g/mol. The molecule has 2 heterocycles. The van der Waals surface area contributed by atoms with Crippen LogP contribution in [0, 0.1) is 5.92 Å². The number of hydrogen-bond acceptors (Lipinski definition) is 3. The van der Waals surface area contributed by atoms with E-state index < -0.39 is 10.0 Å². The highest BCUT2D eigenvalue weighted by Gasteiger charge is 2.39. The Morgan fingerprint density at radius 3 is 2.57 bits per heavy atom. The monoisotopic (exact) mass is 462 g/mol. The van der Waals surface area contributed by atoms with Gasteiger partial charge < -0.3 is 4.90 Å². The van der Waals surface area contributed by atoms with Crippen LogP contribution in [0.15, 0.2) is 57.9 Å². The van der Waals surface area contributed by atoms with Crippen molar-refractivity contribution < 1.29 is 13.2 Å². The molecule has 0 N–H and O–H groups in total. The van der Waals surface area contributed by atoms with Crippen molar-refractivity contribution in [2.45, 2.75) is 37.1 Å². The van der Waals surface area contributed by atoms with E-state index in [1.165, 1.54) is 9.87 Å². The van der Waals surface area contributed by atoms with Crippen molar-refractivity contribution in [3.63, 3.8) is 0 Å². The Kier molecular flexibility index (Phi) is 5.33. The standard InChI is InChI=1S/C21H23BrN2O3S/c1-15-13-16-5-2-3-7-20(16)24(15)21(25)17-6-4-12-23(14-17)28(26,27)19-10-8-18(22)9-11-19/h2-3,5,7-11,15,17H,4,6,12-14H2,1H3/t15-,17-/m0/s1. The largest absolute Gasteiger partial charge is 0.309 e. The van der Waals surface area contributed by atoms with Gasteiger partial charge in [-0.2, -0.15) is 4.31 Å². The molecule has 28 heavy (non-hydrogen) atoms. The van der Waals surface area contributed by atoms with E-state index in [1.807, 2.05) is 23.1 Å². The second kappa shape index (κ2) is 7.61. The van der Waals surface area contributed by atoms with Gasteiger partial charge in [-0.3, -0.25) is 4.79 Å². The highest BCUT2D eigenvalue weighted by molar-refractivity contribution is 9.10. The Morgan fingerprint density at radius 1 is 1.11 bits per heavy atom. The first-order chi connectivity index (χ1) is 13.4. The van der Waals surface area contributed by atoms with Crippen LogP contribution >= 0.6 is 15.9 Å². The lowest BCUT2D eigenvalue weighted by atomic mass is 9.97. The average Bonchev–Trinajstić information content (AvgIpc) is 3.03. The first-order valence-corrected chi connectivity index (χ1v) is 11.8. The summed E-state index contributed by atoms with van der Waals surface area (Å²) < 4.78 is 28.4. The molecule has 0 saturated carbocycles. The number of piperidine rings is 1. The summed E-state index contributed by atoms with van der Waals surface area (Å²) >= 11 is 3.33. The number of carbonyl (C=O) groups is 1. The SMILES string of the molecule is C[C@H]1Cc2ccccc2N1C(=O)[C@H]1CCCN(S(=O)(=O)c2ccc(Br)cc2)C1. The van der Waals surface area contributed by atoms with Gasteiger partial charge in [0.15, 0.2) is 0 Å². The fourth-order valence-electron chi connectivity index (χ4n) is 4.22. The van der Waals surface area contributed by atoms with Crippen LogP contribution in [-0.4, -0.2) is 37.8 Å². The van der Waals surface area contributed by atoms with E-state index in [4.69, 9.17) is 0 Å². The predicted molar refractivity (Wildman–Crippen MR) is 113 cm³/mol. The third-order valence-corrected chi connectivity index (χ3v) is 8.04. The zero-order chi connectivity index (χ0) is 19.9. The van der Waals surface area contributed by atoms with Crippen molar-refractivity contribution in [2.75, 3.05) is 18.0 Å². The first-order valence-electron chi connectivity index (χ1n) is 9.54. The van der Waals surface area contributed by atoms with Gasteiger partial charge in [-0.05, 0) is 62.1 Å². The quantitative estimate of drug-likeness (QED) is 0.696. The molecule has 2 aliphatic rings. The Bertz CT molecular complexity index is 991. The van der Waals surface area contributed by atoms with Crippen LogP contribution in [0.4, 0.5) is 5.69 Å². The third kappa shape index (κ3) is 3.51. The fraction of sp³-hybridized carbons (Fsp3) is 0.381. The highest BCUT2D eigenvalue weighted by atomic mass is 79.9. The van der Waals surface area contributed by atoms with E-state index in [1.54, 1.807) is 24.3 Å². The molecule has 2 aliphatic heterocycles. The molecule has 1 fully saturated rings. The van der Waals surface area contributed by atoms with Crippen LogP contribution in [0.25, 0.3) is 0 Å². The number of fused-ring (bicyclic) bond motifs is 1. The summed E-state index contributed by atoms with van der Waals surface area (Å²) in [6.07, 6.45) is 2.25. The van der Waals surface area contributed by atoms with Crippen molar-refractivity contribution in [3.05, 3.63) is 58.6 Å². The number of anilines is 1. The fourth-order valence-corrected chi connectivity index (χ4v) is 6.00. The van der Waals surface area contributed by atoms with Gasteiger partial charge >= 0.3 is 0 Å². The summed E-state index contributed by atoms with van der Waals surface area (Å²) in [6, 6.07) is 14.7. The van der Waals surface area contributed by atoms with Crippen LogP contribution in [0.1, 0.15) is 25.3 Å². The number of para-hydroxylation sites is 1. The average molecular weight is 463 g/mol. The molecule has 0 bridgehead atoms. The second-order valence-electron chi connectivity index (χ2n) is 7.55. The Labute approximate surface area is 174 Å². The van der Waals surface area contributed by atoms with Crippen LogP contribution in [0.2, 0.25) is 0 Å². The topological polar surface area (TPSA) is 57.7 Å². The minimum absolute atomic E-state index is 0.0353. The molecule has 0 spiro atoms. The second-order valence-corrected chi connectivity index (χ2v) is 10.4. The molecule has 1 saturated heterocycles.